The molecule has 0 aliphatic rings. The summed E-state index contributed by atoms with van der Waals surface area (Å²) in [6.45, 7) is 0.565. The van der Waals surface area contributed by atoms with Crippen molar-refractivity contribution >= 4 is 16.8 Å². The Hall–Kier alpha value is -3.57. The predicted molar refractivity (Wildman–Crippen MR) is 114 cm³/mol. The van der Waals surface area contributed by atoms with E-state index < -0.39 is 12.0 Å². The van der Waals surface area contributed by atoms with E-state index in [4.69, 9.17) is 10.5 Å². The van der Waals surface area contributed by atoms with Crippen LogP contribution in [0.1, 0.15) is 10.4 Å². The largest absolute Gasteiger partial charge is 0.491 e. The highest BCUT2D eigenvalue weighted by Gasteiger charge is 2.11. The van der Waals surface area contributed by atoms with E-state index in [1.807, 2.05) is 65.4 Å². The average molecular weight is 386 g/mol. The number of aromatic nitrogens is 1. The van der Waals surface area contributed by atoms with Gasteiger partial charge in [-0.1, -0.05) is 42.5 Å². The van der Waals surface area contributed by atoms with Crippen LogP contribution in [0.3, 0.4) is 0 Å². The maximum atomic E-state index is 11.3. The number of nitrogens with two attached hydrogens (primary N) is 1. The van der Waals surface area contributed by atoms with E-state index in [1.165, 1.54) is 0 Å². The van der Waals surface area contributed by atoms with Gasteiger partial charge in [0.1, 0.15) is 18.5 Å². The first-order chi connectivity index (χ1) is 14.1. The first-order valence-corrected chi connectivity index (χ1v) is 9.45. The topological polar surface area (TPSA) is 77.5 Å². The number of carbonyl (C=O) groups excluding carboxylic acids is 1. The highest BCUT2D eigenvalue weighted by Crippen LogP contribution is 2.24. The fraction of sp³-hybridized carbons (Fsp3) is 0.125. The molecular formula is C24H22N2O3. The van der Waals surface area contributed by atoms with Crippen molar-refractivity contribution in [1.82, 2.24) is 4.57 Å². The minimum atomic E-state index is -0.679. The number of benzene rings is 3. The normalized spacial score (nSPS) is 12.0. The first-order valence-electron chi connectivity index (χ1n) is 9.45. The van der Waals surface area contributed by atoms with Crippen LogP contribution in [0.4, 0.5) is 0 Å². The number of hydrogen-bond donors (Lipinski definition) is 2. The Balaban J connectivity index is 1.41. The Bertz CT molecular complexity index is 1140. The molecule has 0 saturated carbocycles. The smallest absolute Gasteiger partial charge is 0.248 e. The number of aliphatic hydroxyl groups is 1. The lowest BCUT2D eigenvalue weighted by Crippen LogP contribution is -2.23. The third kappa shape index (κ3) is 4.31. The van der Waals surface area contributed by atoms with Crippen LogP contribution in [0.15, 0.2) is 85.1 Å². The second-order valence-corrected chi connectivity index (χ2v) is 6.96. The molecule has 1 aromatic heterocycles. The first kappa shape index (κ1) is 18.8. The number of ether oxygens (including phenoxy) is 1. The molecule has 0 aliphatic heterocycles. The molecule has 146 valence electrons. The van der Waals surface area contributed by atoms with Crippen LogP contribution >= 0.6 is 0 Å². The Morgan fingerprint density at radius 1 is 0.966 bits per heavy atom. The SMILES string of the molecule is NC(=O)c1ccc2c(ccn2CC(O)COc2cccc(-c3ccccc3)c2)c1. The molecule has 3 N–H and O–H groups in total. The van der Waals surface area contributed by atoms with Crippen LogP contribution < -0.4 is 10.5 Å². The van der Waals surface area contributed by atoms with Gasteiger partial charge in [-0.3, -0.25) is 4.79 Å². The van der Waals surface area contributed by atoms with Gasteiger partial charge in [0, 0.05) is 22.7 Å². The van der Waals surface area contributed by atoms with Crippen molar-refractivity contribution in [2.24, 2.45) is 5.73 Å². The zero-order valence-corrected chi connectivity index (χ0v) is 15.9. The summed E-state index contributed by atoms with van der Waals surface area (Å²) in [6, 6.07) is 25.1. The molecule has 0 bridgehead atoms. The Labute approximate surface area is 169 Å². The summed E-state index contributed by atoms with van der Waals surface area (Å²) < 4.78 is 7.76. The number of amides is 1. The van der Waals surface area contributed by atoms with Crippen molar-refractivity contribution in [3.05, 3.63) is 90.6 Å². The van der Waals surface area contributed by atoms with E-state index in [0.29, 0.717) is 17.9 Å². The number of nitrogens with zero attached hydrogens (tertiary/aromatic N) is 1. The molecule has 1 amide bonds. The molecule has 1 atom stereocenters. The monoisotopic (exact) mass is 386 g/mol. The maximum absolute atomic E-state index is 11.3. The Kier molecular flexibility index (Phi) is 5.31. The van der Waals surface area contributed by atoms with E-state index in [0.717, 1.165) is 22.0 Å². The summed E-state index contributed by atoms with van der Waals surface area (Å²) in [5, 5.41) is 11.4. The lowest BCUT2D eigenvalue weighted by atomic mass is 10.1. The van der Waals surface area contributed by atoms with Crippen molar-refractivity contribution < 1.29 is 14.6 Å². The van der Waals surface area contributed by atoms with Crippen molar-refractivity contribution in [3.8, 4) is 16.9 Å². The van der Waals surface area contributed by atoms with Gasteiger partial charge in [-0.25, -0.2) is 0 Å². The van der Waals surface area contributed by atoms with Crippen molar-refractivity contribution in [2.45, 2.75) is 12.6 Å². The second-order valence-electron chi connectivity index (χ2n) is 6.96. The number of rotatable bonds is 7. The number of hydrogen-bond acceptors (Lipinski definition) is 3. The van der Waals surface area contributed by atoms with Crippen LogP contribution in [0.2, 0.25) is 0 Å². The van der Waals surface area contributed by atoms with Crippen LogP contribution in [-0.4, -0.2) is 28.3 Å². The van der Waals surface area contributed by atoms with Gasteiger partial charge in [-0.05, 0) is 47.5 Å². The van der Waals surface area contributed by atoms with Crippen LogP contribution in [-0.2, 0) is 6.54 Å². The van der Waals surface area contributed by atoms with Gasteiger partial charge in [0.05, 0.1) is 6.54 Å². The van der Waals surface area contributed by atoms with Gasteiger partial charge in [0.25, 0.3) is 0 Å². The highest BCUT2D eigenvalue weighted by atomic mass is 16.5. The summed E-state index contributed by atoms with van der Waals surface area (Å²) in [6.07, 6.45) is 1.20. The number of carbonyl (C=O) groups is 1. The molecule has 4 aromatic rings. The van der Waals surface area contributed by atoms with Crippen molar-refractivity contribution in [1.29, 1.82) is 0 Å². The fourth-order valence-corrected chi connectivity index (χ4v) is 3.38. The molecule has 0 spiro atoms. The summed E-state index contributed by atoms with van der Waals surface area (Å²) >= 11 is 0. The zero-order chi connectivity index (χ0) is 20.2. The molecule has 0 radical (unpaired) electrons. The summed E-state index contributed by atoms with van der Waals surface area (Å²) in [5.74, 6) is 0.264. The third-order valence-electron chi connectivity index (χ3n) is 4.85. The zero-order valence-electron chi connectivity index (χ0n) is 15.9. The number of aliphatic hydroxyl groups excluding tert-OH is 1. The standard InChI is InChI=1S/C24H22N2O3/c25-24(28)20-9-10-23-19(13-20)11-12-26(23)15-21(27)16-29-22-8-4-7-18(14-22)17-5-2-1-3-6-17/h1-14,21,27H,15-16H2,(H2,25,28). The molecule has 4 rings (SSSR count). The van der Waals surface area contributed by atoms with E-state index in [-0.39, 0.29) is 6.61 Å². The summed E-state index contributed by atoms with van der Waals surface area (Å²) in [4.78, 5) is 11.3. The van der Waals surface area contributed by atoms with Crippen LogP contribution in [0.25, 0.3) is 22.0 Å². The second kappa shape index (κ2) is 8.20. The maximum Gasteiger partial charge on any atom is 0.248 e. The van der Waals surface area contributed by atoms with Gasteiger partial charge in [0.15, 0.2) is 0 Å². The molecule has 0 aliphatic carbocycles. The van der Waals surface area contributed by atoms with Gasteiger partial charge in [-0.2, -0.15) is 0 Å². The molecular weight excluding hydrogens is 364 g/mol. The molecule has 1 heterocycles. The minimum absolute atomic E-state index is 0.178. The van der Waals surface area contributed by atoms with E-state index in [2.05, 4.69) is 12.1 Å². The molecule has 29 heavy (non-hydrogen) atoms. The summed E-state index contributed by atoms with van der Waals surface area (Å²) in [7, 11) is 0. The fourth-order valence-electron chi connectivity index (χ4n) is 3.38. The highest BCUT2D eigenvalue weighted by molar-refractivity contribution is 5.97. The lowest BCUT2D eigenvalue weighted by Gasteiger charge is -2.15. The van der Waals surface area contributed by atoms with Gasteiger partial charge in [-0.15, -0.1) is 0 Å². The van der Waals surface area contributed by atoms with Gasteiger partial charge in [0.2, 0.25) is 5.91 Å². The van der Waals surface area contributed by atoms with Crippen molar-refractivity contribution in [2.75, 3.05) is 6.61 Å². The molecule has 5 heteroatoms. The molecule has 5 nitrogen and oxygen atoms in total. The van der Waals surface area contributed by atoms with Crippen molar-refractivity contribution in [3.63, 3.8) is 0 Å². The quantitative estimate of drug-likeness (QED) is 0.506. The minimum Gasteiger partial charge on any atom is -0.491 e. The van der Waals surface area contributed by atoms with Gasteiger partial charge >= 0.3 is 0 Å². The van der Waals surface area contributed by atoms with E-state index >= 15 is 0 Å². The molecule has 0 saturated heterocycles. The third-order valence-corrected chi connectivity index (χ3v) is 4.85. The predicted octanol–water partition coefficient (Wildman–Crippen LogP) is 3.85. The Morgan fingerprint density at radius 2 is 1.76 bits per heavy atom. The molecule has 1 unspecified atom stereocenters. The molecule has 3 aromatic carbocycles. The Morgan fingerprint density at radius 3 is 2.55 bits per heavy atom. The van der Waals surface area contributed by atoms with E-state index in [1.54, 1.807) is 12.1 Å². The number of primary amides is 1. The van der Waals surface area contributed by atoms with Crippen LogP contribution in [0, 0.1) is 0 Å². The number of fused-ring (bicyclic) bond motifs is 1. The van der Waals surface area contributed by atoms with E-state index in [9.17, 15) is 9.90 Å². The van der Waals surface area contributed by atoms with Gasteiger partial charge < -0.3 is 20.1 Å². The summed E-state index contributed by atoms with van der Waals surface area (Å²) in [5.41, 5.74) is 8.92. The van der Waals surface area contributed by atoms with Crippen LogP contribution in [0.5, 0.6) is 5.75 Å². The lowest BCUT2D eigenvalue weighted by molar-refractivity contribution is 0.0935. The molecule has 0 fully saturated rings. The average Bonchev–Trinajstić information content (AvgIpc) is 3.15.